The summed E-state index contributed by atoms with van der Waals surface area (Å²) in [5, 5.41) is 5.17. The summed E-state index contributed by atoms with van der Waals surface area (Å²) in [4.78, 5) is 11.9. The molecule has 0 aliphatic heterocycles. The van der Waals surface area contributed by atoms with Gasteiger partial charge in [0.25, 0.3) is 0 Å². The molecule has 6 heteroatoms. The van der Waals surface area contributed by atoms with Crippen LogP contribution in [0.15, 0.2) is 41.5 Å². The standard InChI is InChI=1S/C20H22Cl2N2O2/c1-13-6-7-16(11-14(13)2)15(3)23-24-20(25)5-4-10-26-19-9-8-17(21)12-18(19)22/h6-9,11-12H,4-5,10H2,1-3H3,(H,24,25)/b23-15-. The SMILES string of the molecule is C/C(=N/NC(=O)CCCOc1ccc(Cl)cc1Cl)c1ccc(C)c(C)c1. The molecule has 2 rings (SSSR count). The Morgan fingerprint density at radius 3 is 2.58 bits per heavy atom. The predicted octanol–water partition coefficient (Wildman–Crippen LogP) is 5.31. The topological polar surface area (TPSA) is 50.7 Å². The van der Waals surface area contributed by atoms with E-state index in [0.717, 1.165) is 11.3 Å². The smallest absolute Gasteiger partial charge is 0.240 e. The van der Waals surface area contributed by atoms with Crippen LogP contribution in [0.1, 0.15) is 36.5 Å². The van der Waals surface area contributed by atoms with Gasteiger partial charge in [0.15, 0.2) is 0 Å². The highest BCUT2D eigenvalue weighted by molar-refractivity contribution is 6.35. The van der Waals surface area contributed by atoms with Gasteiger partial charge >= 0.3 is 0 Å². The van der Waals surface area contributed by atoms with Gasteiger partial charge in [-0.3, -0.25) is 4.79 Å². The first-order chi connectivity index (χ1) is 12.4. The summed E-state index contributed by atoms with van der Waals surface area (Å²) in [5.74, 6) is 0.402. The summed E-state index contributed by atoms with van der Waals surface area (Å²) < 4.78 is 5.56. The fraction of sp³-hybridized carbons (Fsp3) is 0.300. The number of nitrogens with one attached hydrogen (secondary N) is 1. The number of hydrazone groups is 1. The first-order valence-electron chi connectivity index (χ1n) is 8.35. The lowest BCUT2D eigenvalue weighted by molar-refractivity contribution is -0.121. The minimum absolute atomic E-state index is 0.154. The Kier molecular flexibility index (Phi) is 7.49. The highest BCUT2D eigenvalue weighted by atomic mass is 35.5. The van der Waals surface area contributed by atoms with Crippen molar-refractivity contribution in [3.05, 3.63) is 63.1 Å². The van der Waals surface area contributed by atoms with Gasteiger partial charge < -0.3 is 4.74 Å². The molecule has 0 atom stereocenters. The van der Waals surface area contributed by atoms with Crippen LogP contribution in [0.5, 0.6) is 5.75 Å². The Bertz CT molecular complexity index is 819. The van der Waals surface area contributed by atoms with Crippen molar-refractivity contribution >= 4 is 34.8 Å². The van der Waals surface area contributed by atoms with E-state index in [0.29, 0.717) is 35.2 Å². The summed E-state index contributed by atoms with van der Waals surface area (Å²) in [5.41, 5.74) is 6.77. The van der Waals surface area contributed by atoms with Gasteiger partial charge in [-0.1, -0.05) is 35.3 Å². The van der Waals surface area contributed by atoms with Crippen molar-refractivity contribution in [3.8, 4) is 5.75 Å². The number of carbonyl (C=O) groups excluding carboxylic acids is 1. The van der Waals surface area contributed by atoms with Crippen molar-refractivity contribution in [2.75, 3.05) is 6.61 Å². The number of benzene rings is 2. The van der Waals surface area contributed by atoms with Gasteiger partial charge in [-0.25, -0.2) is 5.43 Å². The number of hydrogen-bond donors (Lipinski definition) is 1. The van der Waals surface area contributed by atoms with Crippen LogP contribution in [0, 0.1) is 13.8 Å². The lowest BCUT2D eigenvalue weighted by atomic mass is 10.0. The van der Waals surface area contributed by atoms with Gasteiger partial charge in [0.05, 0.1) is 17.3 Å². The zero-order valence-corrected chi connectivity index (χ0v) is 16.6. The van der Waals surface area contributed by atoms with E-state index < -0.39 is 0 Å². The third kappa shape index (κ3) is 6.04. The second kappa shape index (κ2) is 9.60. The maximum atomic E-state index is 11.9. The lowest BCUT2D eigenvalue weighted by Crippen LogP contribution is -2.19. The maximum absolute atomic E-state index is 11.9. The predicted molar refractivity (Wildman–Crippen MR) is 107 cm³/mol. The average molecular weight is 393 g/mol. The number of aryl methyl sites for hydroxylation is 2. The van der Waals surface area contributed by atoms with E-state index in [2.05, 4.69) is 30.4 Å². The molecule has 0 fully saturated rings. The molecule has 0 heterocycles. The number of carbonyl (C=O) groups is 1. The van der Waals surface area contributed by atoms with Crippen molar-refractivity contribution < 1.29 is 9.53 Å². The summed E-state index contributed by atoms with van der Waals surface area (Å²) in [7, 11) is 0. The summed E-state index contributed by atoms with van der Waals surface area (Å²) in [6.07, 6.45) is 0.873. The third-order valence-corrected chi connectivity index (χ3v) is 4.50. The van der Waals surface area contributed by atoms with E-state index >= 15 is 0 Å². The van der Waals surface area contributed by atoms with Crippen molar-refractivity contribution in [2.45, 2.75) is 33.6 Å². The molecule has 26 heavy (non-hydrogen) atoms. The monoisotopic (exact) mass is 392 g/mol. The number of amides is 1. The van der Waals surface area contributed by atoms with E-state index in [9.17, 15) is 4.79 Å². The van der Waals surface area contributed by atoms with Crippen molar-refractivity contribution in [1.82, 2.24) is 5.43 Å². The minimum atomic E-state index is -0.154. The fourth-order valence-electron chi connectivity index (χ4n) is 2.24. The van der Waals surface area contributed by atoms with E-state index in [1.165, 1.54) is 11.1 Å². The molecule has 0 unspecified atom stereocenters. The lowest BCUT2D eigenvalue weighted by Gasteiger charge is -2.08. The third-order valence-electron chi connectivity index (χ3n) is 3.97. The van der Waals surface area contributed by atoms with Crippen LogP contribution in [-0.2, 0) is 4.79 Å². The molecule has 138 valence electrons. The van der Waals surface area contributed by atoms with Crippen LogP contribution < -0.4 is 10.2 Å². The van der Waals surface area contributed by atoms with Crippen molar-refractivity contribution in [1.29, 1.82) is 0 Å². The van der Waals surface area contributed by atoms with Crippen LogP contribution >= 0.6 is 23.2 Å². The van der Waals surface area contributed by atoms with Gasteiger partial charge in [0, 0.05) is 11.4 Å². The molecule has 0 saturated heterocycles. The number of hydrogen-bond acceptors (Lipinski definition) is 3. The molecule has 4 nitrogen and oxygen atoms in total. The highest BCUT2D eigenvalue weighted by Crippen LogP contribution is 2.27. The minimum Gasteiger partial charge on any atom is -0.492 e. The van der Waals surface area contributed by atoms with Crippen LogP contribution in [0.2, 0.25) is 10.0 Å². The number of ether oxygens (including phenoxy) is 1. The Balaban J connectivity index is 1.76. The molecular formula is C20H22Cl2N2O2. The molecule has 0 bridgehead atoms. The van der Waals surface area contributed by atoms with Gasteiger partial charge in [-0.2, -0.15) is 5.10 Å². The average Bonchev–Trinajstić information content (AvgIpc) is 2.60. The fourth-order valence-corrected chi connectivity index (χ4v) is 2.70. The van der Waals surface area contributed by atoms with E-state index in [1.807, 2.05) is 19.1 Å². The molecule has 2 aromatic rings. The Morgan fingerprint density at radius 2 is 1.88 bits per heavy atom. The van der Waals surface area contributed by atoms with Crippen LogP contribution in [0.3, 0.4) is 0 Å². The zero-order chi connectivity index (χ0) is 19.1. The molecular weight excluding hydrogens is 371 g/mol. The summed E-state index contributed by atoms with van der Waals surface area (Å²) in [6, 6.07) is 11.1. The van der Waals surface area contributed by atoms with Gasteiger partial charge in [0.1, 0.15) is 5.75 Å². The normalized spacial score (nSPS) is 11.3. The molecule has 0 spiro atoms. The molecule has 0 saturated carbocycles. The maximum Gasteiger partial charge on any atom is 0.240 e. The number of rotatable bonds is 7. The molecule has 1 N–H and O–H groups in total. The zero-order valence-electron chi connectivity index (χ0n) is 15.1. The first-order valence-corrected chi connectivity index (χ1v) is 9.11. The summed E-state index contributed by atoms with van der Waals surface area (Å²) in [6.45, 7) is 6.37. The van der Waals surface area contributed by atoms with Gasteiger partial charge in [-0.15, -0.1) is 0 Å². The number of nitrogens with zero attached hydrogens (tertiary/aromatic N) is 1. The van der Waals surface area contributed by atoms with Crippen LogP contribution in [-0.4, -0.2) is 18.2 Å². The van der Waals surface area contributed by atoms with Crippen LogP contribution in [0.25, 0.3) is 0 Å². The highest BCUT2D eigenvalue weighted by Gasteiger charge is 2.05. The molecule has 0 aliphatic carbocycles. The van der Waals surface area contributed by atoms with E-state index in [1.54, 1.807) is 18.2 Å². The molecule has 0 radical (unpaired) electrons. The summed E-state index contributed by atoms with van der Waals surface area (Å²) >= 11 is 11.9. The molecule has 0 aromatic heterocycles. The molecule has 2 aromatic carbocycles. The van der Waals surface area contributed by atoms with Gasteiger partial charge in [0.2, 0.25) is 5.91 Å². The first kappa shape index (κ1) is 20.3. The van der Waals surface area contributed by atoms with Crippen LogP contribution in [0.4, 0.5) is 0 Å². The van der Waals surface area contributed by atoms with E-state index in [4.69, 9.17) is 27.9 Å². The largest absolute Gasteiger partial charge is 0.492 e. The van der Waals surface area contributed by atoms with Crippen molar-refractivity contribution in [3.63, 3.8) is 0 Å². The Labute approximate surface area is 164 Å². The quantitative estimate of drug-likeness (QED) is 0.394. The molecule has 0 aliphatic rings. The van der Waals surface area contributed by atoms with E-state index in [-0.39, 0.29) is 5.91 Å². The Hall–Kier alpha value is -2.04. The van der Waals surface area contributed by atoms with Gasteiger partial charge in [-0.05, 0) is 68.1 Å². The second-order valence-electron chi connectivity index (χ2n) is 6.06. The second-order valence-corrected chi connectivity index (χ2v) is 6.90. The Morgan fingerprint density at radius 1 is 1.12 bits per heavy atom. The van der Waals surface area contributed by atoms with Crippen molar-refractivity contribution in [2.24, 2.45) is 5.10 Å². The number of halogens is 2. The molecule has 1 amide bonds.